The number of benzene rings is 3. The molecule has 0 bridgehead atoms. The fourth-order valence-corrected chi connectivity index (χ4v) is 4.38. The molecule has 1 aromatic heterocycles. The molecule has 1 saturated heterocycles. The second-order valence-corrected chi connectivity index (χ2v) is 8.45. The number of aromatic hydroxyl groups is 1. The number of phenols is 1. The van der Waals surface area contributed by atoms with Gasteiger partial charge in [0, 0.05) is 17.0 Å². The second kappa shape index (κ2) is 9.41. The van der Waals surface area contributed by atoms with Crippen LogP contribution >= 0.6 is 0 Å². The number of fused-ring (bicyclic) bond motifs is 2. The van der Waals surface area contributed by atoms with Crippen LogP contribution in [0.15, 0.2) is 63.8 Å². The standard InChI is InChI=1S/C26H24O10/c1-33-17-9-8-15(13-4-2-3-5-14(13)17)24-25(20(29)16-7-6-12(28)10-18(16)34-24)36-26-23(32)22(31)21(30)19(11-27)35-26/h2-10,19,21-23,26-28,30-32H,11H2,1H3/t19-,21+,22+,23-,26?/m1/s1. The summed E-state index contributed by atoms with van der Waals surface area (Å²) in [6.07, 6.45) is -7.87. The van der Waals surface area contributed by atoms with Crippen molar-refractivity contribution in [2.75, 3.05) is 13.7 Å². The van der Waals surface area contributed by atoms with Gasteiger partial charge in [-0.15, -0.1) is 0 Å². The van der Waals surface area contributed by atoms with Crippen molar-refractivity contribution in [1.29, 1.82) is 0 Å². The first-order valence-electron chi connectivity index (χ1n) is 11.2. The number of hydrogen-bond donors (Lipinski definition) is 5. The normalized spacial score (nSPS) is 24.2. The Balaban J connectivity index is 1.73. The maximum atomic E-state index is 13.6. The van der Waals surface area contributed by atoms with Crippen LogP contribution in [0, 0.1) is 0 Å². The van der Waals surface area contributed by atoms with Gasteiger partial charge >= 0.3 is 0 Å². The average molecular weight is 496 g/mol. The summed E-state index contributed by atoms with van der Waals surface area (Å²) in [4.78, 5) is 13.6. The fraction of sp³-hybridized carbons (Fsp3) is 0.269. The molecular formula is C26H24O10. The number of hydrogen-bond acceptors (Lipinski definition) is 10. The van der Waals surface area contributed by atoms with E-state index >= 15 is 0 Å². The van der Waals surface area contributed by atoms with Crippen LogP contribution in [0.2, 0.25) is 0 Å². The summed E-state index contributed by atoms with van der Waals surface area (Å²) in [5, 5.41) is 51.8. The van der Waals surface area contributed by atoms with E-state index in [2.05, 4.69) is 0 Å². The predicted molar refractivity (Wildman–Crippen MR) is 128 cm³/mol. The lowest BCUT2D eigenvalue weighted by Crippen LogP contribution is -2.60. The second-order valence-electron chi connectivity index (χ2n) is 8.45. The molecule has 1 fully saturated rings. The van der Waals surface area contributed by atoms with Crippen molar-refractivity contribution < 1.29 is 44.2 Å². The Bertz CT molecular complexity index is 1480. The Morgan fingerprint density at radius 2 is 1.67 bits per heavy atom. The molecule has 0 aliphatic carbocycles. The Hall–Kier alpha value is -3.67. The molecule has 10 heteroatoms. The molecule has 0 radical (unpaired) electrons. The molecule has 10 nitrogen and oxygen atoms in total. The molecule has 5 N–H and O–H groups in total. The summed E-state index contributed by atoms with van der Waals surface area (Å²) in [6, 6.07) is 14.6. The van der Waals surface area contributed by atoms with Gasteiger partial charge in [0.2, 0.25) is 17.5 Å². The van der Waals surface area contributed by atoms with Crippen LogP contribution in [0.4, 0.5) is 0 Å². The van der Waals surface area contributed by atoms with Gasteiger partial charge in [0.1, 0.15) is 41.5 Å². The average Bonchev–Trinajstić information content (AvgIpc) is 2.89. The van der Waals surface area contributed by atoms with Crippen molar-refractivity contribution in [1.82, 2.24) is 0 Å². The molecule has 0 spiro atoms. The summed E-state index contributed by atoms with van der Waals surface area (Å²) in [6.45, 7) is -0.660. The first-order chi connectivity index (χ1) is 17.3. The highest BCUT2D eigenvalue weighted by molar-refractivity contribution is 6.00. The molecule has 2 heterocycles. The van der Waals surface area contributed by atoms with Crippen LogP contribution in [-0.4, -0.2) is 70.0 Å². The molecule has 4 aromatic rings. The summed E-state index contributed by atoms with van der Waals surface area (Å²) in [7, 11) is 1.54. The molecule has 1 unspecified atom stereocenters. The SMILES string of the molecule is COc1ccc(-c2oc3cc(O)ccc3c(=O)c2OC2O[C@H](CO)[C@H](O)[C@H](O)[C@H]2O)c2ccccc12. The van der Waals surface area contributed by atoms with Crippen molar-refractivity contribution in [3.8, 4) is 28.6 Å². The van der Waals surface area contributed by atoms with Gasteiger partial charge in [0.05, 0.1) is 19.1 Å². The lowest BCUT2D eigenvalue weighted by Gasteiger charge is -2.39. The minimum atomic E-state index is -1.74. The molecule has 0 amide bonds. The van der Waals surface area contributed by atoms with Crippen molar-refractivity contribution in [3.63, 3.8) is 0 Å². The smallest absolute Gasteiger partial charge is 0.235 e. The van der Waals surface area contributed by atoms with Crippen molar-refractivity contribution in [3.05, 3.63) is 64.8 Å². The van der Waals surface area contributed by atoms with E-state index in [0.29, 0.717) is 16.7 Å². The van der Waals surface area contributed by atoms with Crippen LogP contribution < -0.4 is 14.9 Å². The number of rotatable bonds is 5. The van der Waals surface area contributed by atoms with Crippen molar-refractivity contribution in [2.24, 2.45) is 0 Å². The molecule has 188 valence electrons. The summed E-state index contributed by atoms with van der Waals surface area (Å²) in [5.74, 6) is 0.132. The third-order valence-corrected chi connectivity index (χ3v) is 6.27. The summed E-state index contributed by atoms with van der Waals surface area (Å²) >= 11 is 0. The molecule has 5 atom stereocenters. The zero-order valence-electron chi connectivity index (χ0n) is 19.1. The van der Waals surface area contributed by atoms with E-state index in [9.17, 15) is 30.3 Å². The zero-order chi connectivity index (χ0) is 25.6. The lowest BCUT2D eigenvalue weighted by atomic mass is 9.99. The van der Waals surface area contributed by atoms with Gasteiger partial charge in [0.25, 0.3) is 0 Å². The molecule has 1 aliphatic heterocycles. The highest BCUT2D eigenvalue weighted by Gasteiger charge is 2.45. The molecule has 0 saturated carbocycles. The van der Waals surface area contributed by atoms with Crippen molar-refractivity contribution >= 4 is 21.7 Å². The monoisotopic (exact) mass is 496 g/mol. The van der Waals surface area contributed by atoms with E-state index in [1.165, 1.54) is 25.3 Å². The molecule has 36 heavy (non-hydrogen) atoms. The first kappa shape index (κ1) is 24.0. The molecule has 3 aromatic carbocycles. The third kappa shape index (κ3) is 3.94. The number of aliphatic hydroxyl groups is 4. The largest absolute Gasteiger partial charge is 0.508 e. The first-order valence-corrected chi connectivity index (χ1v) is 11.2. The zero-order valence-corrected chi connectivity index (χ0v) is 19.1. The lowest BCUT2D eigenvalue weighted by molar-refractivity contribution is -0.277. The van der Waals surface area contributed by atoms with Crippen LogP contribution in [0.25, 0.3) is 33.1 Å². The van der Waals surface area contributed by atoms with Crippen LogP contribution in [0.3, 0.4) is 0 Å². The number of phenolic OH excluding ortho intramolecular Hbond substituents is 1. The Kier molecular flexibility index (Phi) is 6.29. The van der Waals surface area contributed by atoms with Crippen molar-refractivity contribution in [2.45, 2.75) is 30.7 Å². The Labute approximate surface area is 204 Å². The van der Waals surface area contributed by atoms with E-state index in [-0.39, 0.29) is 28.2 Å². The summed E-state index contributed by atoms with van der Waals surface area (Å²) < 4.78 is 22.8. The topological polar surface area (TPSA) is 159 Å². The van der Waals surface area contributed by atoms with Crippen LogP contribution in [0.1, 0.15) is 0 Å². The Morgan fingerprint density at radius 1 is 0.917 bits per heavy atom. The number of ether oxygens (including phenoxy) is 3. The minimum Gasteiger partial charge on any atom is -0.508 e. The minimum absolute atomic E-state index is 0.0195. The van der Waals surface area contributed by atoms with E-state index in [1.807, 2.05) is 12.1 Å². The van der Waals surface area contributed by atoms with Gasteiger partial charge in [-0.05, 0) is 29.7 Å². The summed E-state index contributed by atoms with van der Waals surface area (Å²) in [5.41, 5.74) is -0.0764. The van der Waals surface area contributed by atoms with E-state index < -0.39 is 42.7 Å². The highest BCUT2D eigenvalue weighted by atomic mass is 16.7. The predicted octanol–water partition coefficient (Wildman–Crippen LogP) is 1.51. The maximum Gasteiger partial charge on any atom is 0.235 e. The van der Waals surface area contributed by atoms with Crippen LogP contribution in [-0.2, 0) is 4.74 Å². The van der Waals surface area contributed by atoms with Gasteiger partial charge < -0.3 is 44.2 Å². The van der Waals surface area contributed by atoms with Gasteiger partial charge in [-0.1, -0.05) is 24.3 Å². The van der Waals surface area contributed by atoms with E-state index in [0.717, 1.165) is 5.39 Å². The van der Waals surface area contributed by atoms with E-state index in [1.54, 1.807) is 24.3 Å². The molecule has 5 rings (SSSR count). The third-order valence-electron chi connectivity index (χ3n) is 6.27. The molecular weight excluding hydrogens is 472 g/mol. The van der Waals surface area contributed by atoms with Gasteiger partial charge in [-0.25, -0.2) is 0 Å². The van der Waals surface area contributed by atoms with Gasteiger partial charge in [-0.3, -0.25) is 4.79 Å². The van der Waals surface area contributed by atoms with Gasteiger partial charge in [0.15, 0.2) is 5.76 Å². The Morgan fingerprint density at radius 3 is 2.39 bits per heavy atom. The van der Waals surface area contributed by atoms with Crippen LogP contribution in [0.5, 0.6) is 17.2 Å². The van der Waals surface area contributed by atoms with E-state index in [4.69, 9.17) is 18.6 Å². The number of methoxy groups -OCH3 is 1. The fourth-order valence-electron chi connectivity index (χ4n) is 4.38. The molecule has 1 aliphatic rings. The maximum absolute atomic E-state index is 13.6. The quantitative estimate of drug-likeness (QED) is 0.274. The highest BCUT2D eigenvalue weighted by Crippen LogP contribution is 2.40. The van der Waals surface area contributed by atoms with Gasteiger partial charge in [-0.2, -0.15) is 0 Å². The number of aliphatic hydroxyl groups excluding tert-OH is 4.